The summed E-state index contributed by atoms with van der Waals surface area (Å²) in [5, 5.41) is 16.9. The highest BCUT2D eigenvalue weighted by atomic mass is 15.2. The third-order valence-electron chi connectivity index (χ3n) is 1.26. The maximum atomic E-state index is 8.45. The number of allylic oxidation sites excluding steroid dienone is 1. The molecule has 0 amide bonds. The number of rotatable bonds is 2. The Morgan fingerprint density at radius 2 is 1.92 bits per heavy atom. The highest BCUT2D eigenvalue weighted by Gasteiger charge is 2.00. The van der Waals surface area contributed by atoms with Crippen LogP contribution in [0.15, 0.2) is 17.3 Å². The van der Waals surface area contributed by atoms with Crippen molar-refractivity contribution in [1.82, 2.24) is 4.90 Å². The predicted molar refractivity (Wildman–Crippen MR) is 50.2 cm³/mol. The Hall–Kier alpha value is -1.81. The Kier molecular flexibility index (Phi) is 4.99. The molecule has 0 saturated carbocycles. The summed E-state index contributed by atoms with van der Waals surface area (Å²) in [6, 6.07) is 0. The number of aliphatic imine (C=N–C) groups is 1. The van der Waals surface area contributed by atoms with E-state index in [1.807, 2.05) is 19.9 Å². The van der Waals surface area contributed by atoms with E-state index in [1.165, 1.54) is 0 Å². The summed E-state index contributed by atoms with van der Waals surface area (Å²) < 4.78 is 0. The van der Waals surface area contributed by atoms with Crippen molar-refractivity contribution in [2.24, 2.45) is 10.9 Å². The van der Waals surface area contributed by atoms with Crippen LogP contribution in [0.2, 0.25) is 0 Å². The van der Waals surface area contributed by atoms with Gasteiger partial charge in [-0.1, -0.05) is 19.9 Å². The molecular formula is C9H12N4. The largest absolute Gasteiger partial charge is 0.242 e. The fourth-order valence-electron chi connectivity index (χ4n) is 0.548. The van der Waals surface area contributed by atoms with Gasteiger partial charge in [0.2, 0.25) is 0 Å². The molecular weight excluding hydrogens is 164 g/mol. The van der Waals surface area contributed by atoms with Crippen LogP contribution in [0.3, 0.4) is 0 Å². The molecule has 0 rings (SSSR count). The predicted octanol–water partition coefficient (Wildman–Crippen LogP) is 1.84. The quantitative estimate of drug-likeness (QED) is 0.279. The maximum absolute atomic E-state index is 8.45. The van der Waals surface area contributed by atoms with Crippen LogP contribution < -0.4 is 0 Å². The van der Waals surface area contributed by atoms with Crippen LogP contribution in [-0.4, -0.2) is 10.7 Å². The Labute approximate surface area is 78.4 Å². The molecule has 13 heavy (non-hydrogen) atoms. The lowest BCUT2D eigenvalue weighted by atomic mass is 10.2. The van der Waals surface area contributed by atoms with Crippen molar-refractivity contribution >= 4 is 5.84 Å². The van der Waals surface area contributed by atoms with E-state index in [0.29, 0.717) is 11.8 Å². The number of hydrogen-bond acceptors (Lipinski definition) is 3. The zero-order valence-electron chi connectivity index (χ0n) is 8.02. The van der Waals surface area contributed by atoms with E-state index in [0.717, 1.165) is 4.90 Å². The fourth-order valence-corrected chi connectivity index (χ4v) is 0.548. The van der Waals surface area contributed by atoms with Gasteiger partial charge in [-0.05, 0) is 12.8 Å². The van der Waals surface area contributed by atoms with Gasteiger partial charge in [0.15, 0.2) is 12.4 Å². The van der Waals surface area contributed by atoms with Gasteiger partial charge in [-0.15, -0.1) is 0 Å². The molecule has 0 heterocycles. The first-order chi connectivity index (χ1) is 6.11. The van der Waals surface area contributed by atoms with E-state index in [9.17, 15) is 0 Å². The van der Waals surface area contributed by atoms with Crippen LogP contribution >= 0.6 is 0 Å². The Balaban J connectivity index is 4.36. The van der Waals surface area contributed by atoms with Crippen LogP contribution in [-0.2, 0) is 0 Å². The van der Waals surface area contributed by atoms with Gasteiger partial charge >= 0.3 is 0 Å². The smallest absolute Gasteiger partial charge is 0.200 e. The molecule has 0 bridgehead atoms. The van der Waals surface area contributed by atoms with Gasteiger partial charge in [0.25, 0.3) is 0 Å². The minimum Gasteiger partial charge on any atom is -0.242 e. The summed E-state index contributed by atoms with van der Waals surface area (Å²) in [5.74, 6) is 0.788. The van der Waals surface area contributed by atoms with Crippen molar-refractivity contribution in [2.75, 3.05) is 0 Å². The molecule has 0 aliphatic heterocycles. The molecule has 0 aliphatic rings. The first-order valence-electron chi connectivity index (χ1n) is 3.92. The van der Waals surface area contributed by atoms with Crippen molar-refractivity contribution in [1.29, 1.82) is 10.5 Å². The standard InChI is InChI=1S/C9H12N4/c1-8(2)4-5-12-9(3)13(6-10)7-11/h4-5,8H,1-3H3/b5-4-,12-9+. The topological polar surface area (TPSA) is 63.2 Å². The van der Waals surface area contributed by atoms with Gasteiger partial charge < -0.3 is 0 Å². The summed E-state index contributed by atoms with van der Waals surface area (Å²) in [4.78, 5) is 4.78. The van der Waals surface area contributed by atoms with E-state index >= 15 is 0 Å². The number of amidine groups is 1. The van der Waals surface area contributed by atoms with E-state index in [1.54, 1.807) is 25.5 Å². The van der Waals surface area contributed by atoms with Gasteiger partial charge in [0, 0.05) is 6.20 Å². The molecule has 0 saturated heterocycles. The van der Waals surface area contributed by atoms with E-state index in [-0.39, 0.29) is 0 Å². The zero-order valence-corrected chi connectivity index (χ0v) is 8.02. The molecule has 0 aromatic carbocycles. The average Bonchev–Trinajstić information content (AvgIpc) is 2.05. The van der Waals surface area contributed by atoms with Gasteiger partial charge in [-0.3, -0.25) is 0 Å². The first kappa shape index (κ1) is 11.2. The van der Waals surface area contributed by atoms with Gasteiger partial charge in [0.05, 0.1) is 0 Å². The lowest BCUT2D eigenvalue weighted by molar-refractivity contribution is 0.794. The molecule has 0 N–H and O–H groups in total. The van der Waals surface area contributed by atoms with Crippen molar-refractivity contribution in [2.45, 2.75) is 20.8 Å². The minimum absolute atomic E-state index is 0.377. The third-order valence-corrected chi connectivity index (χ3v) is 1.26. The highest BCUT2D eigenvalue weighted by Crippen LogP contribution is 1.95. The van der Waals surface area contributed by atoms with Crippen molar-refractivity contribution in [3.05, 3.63) is 12.3 Å². The summed E-state index contributed by atoms with van der Waals surface area (Å²) in [6.07, 6.45) is 6.88. The molecule has 4 heteroatoms. The molecule has 0 fully saturated rings. The SMILES string of the molecule is C/C(=N\C=C/C(C)C)N(C#N)C#N. The number of nitriles is 2. The Bertz CT molecular complexity index is 274. The summed E-state index contributed by atoms with van der Waals surface area (Å²) in [7, 11) is 0. The van der Waals surface area contributed by atoms with Crippen molar-refractivity contribution in [3.63, 3.8) is 0 Å². The molecule has 0 radical (unpaired) electrons. The normalized spacial score (nSPS) is 11.4. The van der Waals surface area contributed by atoms with E-state index < -0.39 is 0 Å². The monoisotopic (exact) mass is 176 g/mol. The number of hydrogen-bond donors (Lipinski definition) is 0. The molecule has 0 aromatic rings. The second-order valence-corrected chi connectivity index (χ2v) is 2.80. The molecule has 0 spiro atoms. The van der Waals surface area contributed by atoms with Crippen molar-refractivity contribution < 1.29 is 0 Å². The molecule has 4 nitrogen and oxygen atoms in total. The summed E-state index contributed by atoms with van der Waals surface area (Å²) >= 11 is 0. The molecule has 0 unspecified atom stereocenters. The van der Waals surface area contributed by atoms with Gasteiger partial charge in [-0.2, -0.15) is 15.4 Å². The second kappa shape index (κ2) is 5.79. The van der Waals surface area contributed by atoms with Crippen LogP contribution in [0, 0.1) is 28.8 Å². The Morgan fingerprint density at radius 3 is 2.31 bits per heavy atom. The van der Waals surface area contributed by atoms with Crippen molar-refractivity contribution in [3.8, 4) is 12.4 Å². The second-order valence-electron chi connectivity index (χ2n) is 2.80. The third kappa shape index (κ3) is 4.60. The van der Waals surface area contributed by atoms with E-state index in [4.69, 9.17) is 10.5 Å². The molecule has 0 atom stereocenters. The zero-order chi connectivity index (χ0) is 10.3. The lowest BCUT2D eigenvalue weighted by Crippen LogP contribution is -2.16. The van der Waals surface area contributed by atoms with Crippen LogP contribution in [0.4, 0.5) is 0 Å². The van der Waals surface area contributed by atoms with Crippen LogP contribution in [0.5, 0.6) is 0 Å². The average molecular weight is 176 g/mol. The minimum atomic E-state index is 0.377. The maximum Gasteiger partial charge on any atom is 0.200 e. The summed E-state index contributed by atoms with van der Waals surface area (Å²) in [6.45, 7) is 5.65. The Morgan fingerprint density at radius 1 is 1.38 bits per heavy atom. The molecule has 68 valence electrons. The van der Waals surface area contributed by atoms with Gasteiger partial charge in [-0.25, -0.2) is 4.99 Å². The molecule has 0 aromatic heterocycles. The number of nitrogens with zero attached hydrogens (tertiary/aromatic N) is 4. The fraction of sp³-hybridized carbons (Fsp3) is 0.444. The van der Waals surface area contributed by atoms with Crippen LogP contribution in [0.1, 0.15) is 20.8 Å². The van der Waals surface area contributed by atoms with Crippen LogP contribution in [0.25, 0.3) is 0 Å². The van der Waals surface area contributed by atoms with E-state index in [2.05, 4.69) is 4.99 Å². The molecule has 0 aliphatic carbocycles. The van der Waals surface area contributed by atoms with Gasteiger partial charge in [0.1, 0.15) is 5.84 Å². The highest BCUT2D eigenvalue weighted by molar-refractivity contribution is 5.83. The first-order valence-corrected chi connectivity index (χ1v) is 3.92. The lowest BCUT2D eigenvalue weighted by Gasteiger charge is -2.01. The summed E-state index contributed by atoms with van der Waals surface area (Å²) in [5.41, 5.74) is 0.